The highest BCUT2D eigenvalue weighted by Gasteiger charge is 2.40. The Bertz CT molecular complexity index is 1480. The molecule has 0 unspecified atom stereocenters. The molecule has 0 saturated carbocycles. The lowest BCUT2D eigenvalue weighted by molar-refractivity contribution is -0.143. The number of amides is 3. The highest BCUT2D eigenvalue weighted by atomic mass is 19.4. The number of anilines is 2. The van der Waals surface area contributed by atoms with E-state index in [0.717, 1.165) is 11.8 Å². The lowest BCUT2D eigenvalue weighted by Crippen LogP contribution is -2.30. The summed E-state index contributed by atoms with van der Waals surface area (Å²) in [6.45, 7) is 2.87. The van der Waals surface area contributed by atoms with Crippen molar-refractivity contribution in [3.8, 4) is 5.69 Å². The van der Waals surface area contributed by atoms with Gasteiger partial charge in [0.05, 0.1) is 34.3 Å². The molecule has 1 aliphatic heterocycles. The van der Waals surface area contributed by atoms with Crippen LogP contribution in [0.15, 0.2) is 60.9 Å². The summed E-state index contributed by atoms with van der Waals surface area (Å²) in [4.78, 5) is 33.4. The number of para-hydroxylation sites is 2. The number of alkyl halides is 3. The normalized spacial score (nSPS) is 14.1. The van der Waals surface area contributed by atoms with Crippen molar-refractivity contribution < 1.29 is 22.8 Å². The average molecular weight is 494 g/mol. The van der Waals surface area contributed by atoms with Gasteiger partial charge in [-0.15, -0.1) is 0 Å². The van der Waals surface area contributed by atoms with Gasteiger partial charge in [0.15, 0.2) is 5.69 Å². The van der Waals surface area contributed by atoms with Gasteiger partial charge in [-0.2, -0.15) is 18.3 Å². The fraction of sp³-hybridized carbons (Fsp3) is 0.200. The molecule has 3 heterocycles. The van der Waals surface area contributed by atoms with Crippen molar-refractivity contribution in [1.29, 1.82) is 0 Å². The molecule has 1 saturated heterocycles. The molecular formula is C25H21F3N6O2. The predicted octanol–water partition coefficient (Wildman–Crippen LogP) is 4.87. The minimum Gasteiger partial charge on any atom is -0.326 e. The predicted molar refractivity (Wildman–Crippen MR) is 128 cm³/mol. The van der Waals surface area contributed by atoms with Crippen LogP contribution in [0.2, 0.25) is 0 Å². The van der Waals surface area contributed by atoms with Crippen LogP contribution in [0.25, 0.3) is 16.6 Å². The molecule has 1 N–H and O–H groups in total. The Balaban J connectivity index is 1.56. The first-order valence-electron chi connectivity index (χ1n) is 11.1. The molecule has 4 aromatic rings. The van der Waals surface area contributed by atoms with Gasteiger partial charge in [0.25, 0.3) is 5.91 Å². The van der Waals surface area contributed by atoms with E-state index in [1.54, 1.807) is 59.4 Å². The lowest BCUT2D eigenvalue weighted by atomic mass is 10.1. The van der Waals surface area contributed by atoms with Gasteiger partial charge in [0.1, 0.15) is 0 Å². The van der Waals surface area contributed by atoms with Crippen molar-refractivity contribution in [1.82, 2.24) is 19.7 Å². The number of pyridine rings is 1. The summed E-state index contributed by atoms with van der Waals surface area (Å²) in [5.41, 5.74) is 0.373. The number of hydrogen-bond acceptors (Lipinski definition) is 4. The average Bonchev–Trinajstić information content (AvgIpc) is 3.44. The van der Waals surface area contributed by atoms with Crippen molar-refractivity contribution in [2.24, 2.45) is 0 Å². The summed E-state index contributed by atoms with van der Waals surface area (Å²) >= 11 is 0. The Morgan fingerprint density at radius 2 is 1.78 bits per heavy atom. The second kappa shape index (κ2) is 8.67. The van der Waals surface area contributed by atoms with E-state index in [9.17, 15) is 22.8 Å². The van der Waals surface area contributed by atoms with Crippen LogP contribution in [0.3, 0.4) is 0 Å². The van der Waals surface area contributed by atoms with E-state index in [0.29, 0.717) is 34.4 Å². The van der Waals surface area contributed by atoms with E-state index in [2.05, 4.69) is 15.4 Å². The van der Waals surface area contributed by atoms with Crippen LogP contribution in [-0.4, -0.2) is 51.7 Å². The summed E-state index contributed by atoms with van der Waals surface area (Å²) in [5.74, 6) is -0.974. The molecule has 2 aromatic heterocycles. The van der Waals surface area contributed by atoms with Gasteiger partial charge in [-0.3, -0.25) is 14.7 Å². The monoisotopic (exact) mass is 494 g/mol. The highest BCUT2D eigenvalue weighted by Crippen LogP contribution is 2.36. The van der Waals surface area contributed by atoms with Gasteiger partial charge in [0, 0.05) is 31.7 Å². The molecule has 0 atom stereocenters. The van der Waals surface area contributed by atoms with E-state index in [-0.39, 0.29) is 17.4 Å². The number of urea groups is 1. The third-order valence-electron chi connectivity index (χ3n) is 6.07. The fourth-order valence-electron chi connectivity index (χ4n) is 4.36. The zero-order valence-corrected chi connectivity index (χ0v) is 19.4. The van der Waals surface area contributed by atoms with Crippen LogP contribution in [0.5, 0.6) is 0 Å². The summed E-state index contributed by atoms with van der Waals surface area (Å²) in [6.07, 6.45) is -2.35. The van der Waals surface area contributed by atoms with Crippen LogP contribution in [0.4, 0.5) is 29.3 Å². The Labute approximate surface area is 203 Å². The molecule has 0 radical (unpaired) electrons. The number of rotatable bonds is 4. The van der Waals surface area contributed by atoms with Crippen LogP contribution < -0.4 is 10.2 Å². The maximum absolute atomic E-state index is 14.0. The number of likely N-dealkylation sites (N-methyl/N-ethyl adjacent to an activating group) is 1. The quantitative estimate of drug-likeness (QED) is 0.439. The Morgan fingerprint density at radius 3 is 2.44 bits per heavy atom. The van der Waals surface area contributed by atoms with E-state index in [1.165, 1.54) is 12.1 Å². The SMILES string of the molecule is Cc1cnc2c(NC(=O)c3cnn(-c4ccccc4)c3C(F)(F)F)cccc2c1N1CCN(C)C1=O. The first-order valence-corrected chi connectivity index (χ1v) is 11.1. The first kappa shape index (κ1) is 23.3. The van der Waals surface area contributed by atoms with Crippen molar-refractivity contribution in [2.45, 2.75) is 13.1 Å². The molecule has 0 bridgehead atoms. The minimum atomic E-state index is -4.83. The number of hydrogen-bond donors (Lipinski definition) is 1. The second-order valence-electron chi connectivity index (χ2n) is 8.45. The fourth-order valence-corrected chi connectivity index (χ4v) is 4.36. The third-order valence-corrected chi connectivity index (χ3v) is 6.07. The van der Waals surface area contributed by atoms with Crippen molar-refractivity contribution in [3.63, 3.8) is 0 Å². The molecule has 0 spiro atoms. The van der Waals surface area contributed by atoms with Gasteiger partial charge >= 0.3 is 12.2 Å². The third kappa shape index (κ3) is 3.92. The molecule has 0 aliphatic carbocycles. The van der Waals surface area contributed by atoms with E-state index in [4.69, 9.17) is 0 Å². The zero-order valence-electron chi connectivity index (χ0n) is 19.4. The summed E-state index contributed by atoms with van der Waals surface area (Å²) in [6, 6.07) is 12.6. The number of aryl methyl sites for hydroxylation is 1. The van der Waals surface area contributed by atoms with Crippen LogP contribution in [0, 0.1) is 6.92 Å². The minimum absolute atomic E-state index is 0.164. The Hall–Kier alpha value is -4.41. The number of carbonyl (C=O) groups excluding carboxylic acids is 2. The Morgan fingerprint density at radius 1 is 1.03 bits per heavy atom. The number of carbonyl (C=O) groups is 2. The largest absolute Gasteiger partial charge is 0.434 e. The molecule has 2 aromatic carbocycles. The maximum Gasteiger partial charge on any atom is 0.434 e. The van der Waals surface area contributed by atoms with E-state index in [1.807, 2.05) is 6.92 Å². The molecule has 11 heteroatoms. The molecule has 1 fully saturated rings. The summed E-state index contributed by atoms with van der Waals surface area (Å²) in [7, 11) is 1.71. The smallest absolute Gasteiger partial charge is 0.326 e. The Kier molecular flexibility index (Phi) is 5.62. The summed E-state index contributed by atoms with van der Waals surface area (Å²) in [5, 5.41) is 7.01. The second-order valence-corrected chi connectivity index (χ2v) is 8.45. The maximum atomic E-state index is 14.0. The molecule has 3 amide bonds. The van der Waals surface area contributed by atoms with Crippen molar-refractivity contribution in [3.05, 3.63) is 77.7 Å². The number of aromatic nitrogens is 3. The number of nitrogens with zero attached hydrogens (tertiary/aromatic N) is 5. The van der Waals surface area contributed by atoms with Gasteiger partial charge in [-0.1, -0.05) is 30.3 Å². The van der Waals surface area contributed by atoms with Crippen LogP contribution in [-0.2, 0) is 6.18 Å². The van der Waals surface area contributed by atoms with Gasteiger partial charge in [-0.05, 0) is 30.7 Å². The van der Waals surface area contributed by atoms with Crippen LogP contribution in [0.1, 0.15) is 21.6 Å². The van der Waals surface area contributed by atoms with E-state index < -0.39 is 23.3 Å². The highest BCUT2D eigenvalue weighted by molar-refractivity contribution is 6.12. The zero-order chi connectivity index (χ0) is 25.6. The number of fused-ring (bicyclic) bond motifs is 1. The van der Waals surface area contributed by atoms with Gasteiger partial charge in [0.2, 0.25) is 0 Å². The van der Waals surface area contributed by atoms with Crippen molar-refractivity contribution in [2.75, 3.05) is 30.4 Å². The topological polar surface area (TPSA) is 83.4 Å². The lowest BCUT2D eigenvalue weighted by Gasteiger charge is -2.21. The van der Waals surface area contributed by atoms with Gasteiger partial charge in [-0.25, -0.2) is 9.48 Å². The molecule has 184 valence electrons. The van der Waals surface area contributed by atoms with E-state index >= 15 is 0 Å². The van der Waals surface area contributed by atoms with Crippen molar-refractivity contribution >= 4 is 34.2 Å². The first-order chi connectivity index (χ1) is 17.2. The van der Waals surface area contributed by atoms with Gasteiger partial charge < -0.3 is 10.2 Å². The summed E-state index contributed by atoms with van der Waals surface area (Å²) < 4.78 is 42.8. The number of benzene rings is 2. The molecule has 5 rings (SSSR count). The molecular weight excluding hydrogens is 473 g/mol. The molecule has 1 aliphatic rings. The van der Waals surface area contributed by atoms with Crippen LogP contribution >= 0.6 is 0 Å². The number of halogens is 3. The standard InChI is InChI=1S/C25H21F3N6O2/c1-15-13-29-20-17(21(15)33-12-11-32(2)24(33)36)9-6-10-19(20)31-23(35)18-14-30-34(22(18)25(26,27)28)16-7-4-3-5-8-16/h3-10,13-14H,11-12H2,1-2H3,(H,31,35). The molecule has 8 nitrogen and oxygen atoms in total. The molecule has 36 heavy (non-hydrogen) atoms. The number of nitrogens with one attached hydrogen (secondary N) is 1.